The quantitative estimate of drug-likeness (QED) is 0.306. The highest BCUT2D eigenvalue weighted by Crippen LogP contribution is 2.25. The molecule has 1 unspecified atom stereocenters. The van der Waals surface area contributed by atoms with Gasteiger partial charge >= 0.3 is 6.03 Å². The van der Waals surface area contributed by atoms with Crippen molar-refractivity contribution >= 4 is 16.9 Å². The highest BCUT2D eigenvalue weighted by atomic mass is 16.2. The molecule has 3 aromatic rings. The van der Waals surface area contributed by atoms with Gasteiger partial charge in [0.1, 0.15) is 5.82 Å². The Morgan fingerprint density at radius 3 is 2.46 bits per heavy atom. The molecule has 1 aromatic heterocycles. The number of hydrogen-bond acceptors (Lipinski definition) is 3. The first-order valence-electron chi connectivity index (χ1n) is 14.2. The highest BCUT2D eigenvalue weighted by Gasteiger charge is 2.28. The van der Waals surface area contributed by atoms with Gasteiger partial charge in [0.2, 0.25) is 0 Å². The molecule has 1 fully saturated rings. The van der Waals surface area contributed by atoms with E-state index in [0.29, 0.717) is 23.3 Å². The lowest BCUT2D eigenvalue weighted by molar-refractivity contribution is 0.167. The molecule has 1 saturated carbocycles. The molecule has 1 N–H and O–H groups in total. The standard InChI is InChI=1S/C31H42N4O2/c1-4-6-7-13-22-34(31(37)32-25-14-9-8-10-15-25)23(3)29-33-28-17-12-11-16-27(28)30(36)35(29)26-20-18-24(5-2)19-21-26/h11-12,16-21,23,25H,4-10,13-15,22H2,1-3H3,(H,32,37). The van der Waals surface area contributed by atoms with Crippen LogP contribution < -0.4 is 10.9 Å². The van der Waals surface area contributed by atoms with Crippen LogP contribution in [0.2, 0.25) is 0 Å². The number of nitrogens with one attached hydrogen (secondary N) is 1. The van der Waals surface area contributed by atoms with E-state index in [1.165, 1.54) is 12.0 Å². The van der Waals surface area contributed by atoms with E-state index in [-0.39, 0.29) is 23.7 Å². The summed E-state index contributed by atoms with van der Waals surface area (Å²) in [5, 5.41) is 3.89. The molecule has 1 heterocycles. The van der Waals surface area contributed by atoms with Gasteiger partial charge in [0.25, 0.3) is 5.56 Å². The molecule has 0 spiro atoms. The van der Waals surface area contributed by atoms with Crippen molar-refractivity contribution in [1.82, 2.24) is 19.8 Å². The van der Waals surface area contributed by atoms with Gasteiger partial charge in [-0.3, -0.25) is 9.36 Å². The number of nitrogens with zero attached hydrogens (tertiary/aromatic N) is 3. The number of urea groups is 1. The second-order valence-corrected chi connectivity index (χ2v) is 10.4. The first-order chi connectivity index (χ1) is 18.0. The van der Waals surface area contributed by atoms with E-state index in [1.807, 2.05) is 48.2 Å². The zero-order valence-corrected chi connectivity index (χ0v) is 22.7. The molecule has 1 aliphatic rings. The average molecular weight is 503 g/mol. The lowest BCUT2D eigenvalue weighted by Gasteiger charge is -2.33. The van der Waals surface area contributed by atoms with Crippen LogP contribution in [0.15, 0.2) is 53.3 Å². The predicted octanol–water partition coefficient (Wildman–Crippen LogP) is 6.93. The van der Waals surface area contributed by atoms with Crippen LogP contribution in [-0.4, -0.2) is 33.1 Å². The van der Waals surface area contributed by atoms with Crippen molar-refractivity contribution in [2.75, 3.05) is 6.54 Å². The third-order valence-electron chi connectivity index (χ3n) is 7.69. The molecular weight excluding hydrogens is 460 g/mol. The third kappa shape index (κ3) is 6.41. The van der Waals surface area contributed by atoms with E-state index in [9.17, 15) is 9.59 Å². The minimum atomic E-state index is -0.367. The van der Waals surface area contributed by atoms with Crippen LogP contribution in [0.1, 0.15) is 96.0 Å². The minimum absolute atomic E-state index is 0.0498. The summed E-state index contributed by atoms with van der Waals surface area (Å²) in [5.74, 6) is 0.599. The second kappa shape index (κ2) is 12.9. The largest absolute Gasteiger partial charge is 0.335 e. The zero-order chi connectivity index (χ0) is 26.2. The number of benzene rings is 2. The molecule has 0 bridgehead atoms. The van der Waals surface area contributed by atoms with Crippen LogP contribution in [-0.2, 0) is 6.42 Å². The average Bonchev–Trinajstić information content (AvgIpc) is 2.93. The number of carbonyl (C=O) groups is 1. The number of fused-ring (bicyclic) bond motifs is 1. The van der Waals surface area contributed by atoms with Crippen molar-refractivity contribution in [2.24, 2.45) is 0 Å². The van der Waals surface area contributed by atoms with E-state index in [1.54, 1.807) is 4.57 Å². The highest BCUT2D eigenvalue weighted by molar-refractivity contribution is 5.78. The third-order valence-corrected chi connectivity index (χ3v) is 7.69. The lowest BCUT2D eigenvalue weighted by atomic mass is 9.96. The second-order valence-electron chi connectivity index (χ2n) is 10.4. The molecule has 0 saturated heterocycles. The van der Waals surface area contributed by atoms with Gasteiger partial charge in [-0.2, -0.15) is 0 Å². The fraction of sp³-hybridized carbons (Fsp3) is 0.516. The van der Waals surface area contributed by atoms with Gasteiger partial charge in [0, 0.05) is 12.6 Å². The number of carbonyl (C=O) groups excluding carboxylic acids is 1. The van der Waals surface area contributed by atoms with Crippen LogP contribution >= 0.6 is 0 Å². The summed E-state index contributed by atoms with van der Waals surface area (Å²) in [5.41, 5.74) is 2.55. The molecule has 6 heteroatoms. The summed E-state index contributed by atoms with van der Waals surface area (Å²) < 4.78 is 1.71. The number of aryl methyl sites for hydroxylation is 1. The lowest BCUT2D eigenvalue weighted by Crippen LogP contribution is -2.47. The molecule has 0 radical (unpaired) electrons. The summed E-state index contributed by atoms with van der Waals surface area (Å²) in [6.07, 6.45) is 10.9. The summed E-state index contributed by atoms with van der Waals surface area (Å²) in [7, 11) is 0. The van der Waals surface area contributed by atoms with Gasteiger partial charge in [0.15, 0.2) is 0 Å². The summed E-state index contributed by atoms with van der Waals surface area (Å²) in [6, 6.07) is 15.4. The Balaban J connectivity index is 1.75. The van der Waals surface area contributed by atoms with E-state index < -0.39 is 0 Å². The molecular formula is C31H42N4O2. The van der Waals surface area contributed by atoms with Crippen molar-refractivity contribution in [3.63, 3.8) is 0 Å². The van der Waals surface area contributed by atoms with Gasteiger partial charge in [-0.1, -0.05) is 76.6 Å². The van der Waals surface area contributed by atoms with Crippen molar-refractivity contribution in [1.29, 1.82) is 0 Å². The summed E-state index contributed by atoms with van der Waals surface area (Å²) >= 11 is 0. The van der Waals surface area contributed by atoms with Crippen molar-refractivity contribution in [3.05, 3.63) is 70.3 Å². The monoisotopic (exact) mass is 502 g/mol. The van der Waals surface area contributed by atoms with Crippen molar-refractivity contribution in [3.8, 4) is 5.69 Å². The van der Waals surface area contributed by atoms with E-state index >= 15 is 0 Å². The van der Waals surface area contributed by atoms with Crippen LogP contribution in [0.3, 0.4) is 0 Å². The number of amides is 2. The van der Waals surface area contributed by atoms with Crippen molar-refractivity contribution < 1.29 is 4.79 Å². The van der Waals surface area contributed by atoms with Gasteiger partial charge in [-0.25, -0.2) is 9.78 Å². The Morgan fingerprint density at radius 1 is 1.03 bits per heavy atom. The van der Waals surface area contributed by atoms with Gasteiger partial charge < -0.3 is 10.2 Å². The molecule has 0 aliphatic heterocycles. The maximum absolute atomic E-state index is 13.8. The molecule has 2 amide bonds. The SMILES string of the molecule is CCCCCCN(C(=O)NC1CCCCC1)C(C)c1nc2ccccc2c(=O)n1-c1ccc(CC)cc1. The van der Waals surface area contributed by atoms with Crippen LogP contribution in [0, 0.1) is 0 Å². The zero-order valence-electron chi connectivity index (χ0n) is 22.7. The smallest absolute Gasteiger partial charge is 0.318 e. The van der Waals surface area contributed by atoms with Gasteiger partial charge in [-0.05, 0) is 62.4 Å². The van der Waals surface area contributed by atoms with Crippen LogP contribution in [0.4, 0.5) is 4.79 Å². The molecule has 198 valence electrons. The Bertz CT molecular complexity index is 1230. The Hall–Kier alpha value is -3.15. The number of hydrogen-bond donors (Lipinski definition) is 1. The molecule has 1 aliphatic carbocycles. The maximum Gasteiger partial charge on any atom is 0.318 e. The van der Waals surface area contributed by atoms with Crippen LogP contribution in [0.25, 0.3) is 16.6 Å². The Kier molecular flexibility index (Phi) is 9.37. The predicted molar refractivity (Wildman–Crippen MR) is 151 cm³/mol. The molecule has 4 rings (SSSR count). The van der Waals surface area contributed by atoms with Crippen LogP contribution in [0.5, 0.6) is 0 Å². The first-order valence-corrected chi connectivity index (χ1v) is 14.2. The molecule has 6 nitrogen and oxygen atoms in total. The number of aromatic nitrogens is 2. The molecule has 37 heavy (non-hydrogen) atoms. The molecule has 1 atom stereocenters. The van der Waals surface area contributed by atoms with E-state index in [0.717, 1.165) is 63.5 Å². The van der Waals surface area contributed by atoms with E-state index in [2.05, 4.69) is 31.3 Å². The number of unbranched alkanes of at least 4 members (excludes halogenated alkanes) is 3. The normalized spacial score (nSPS) is 15.0. The Labute approximate surface area is 221 Å². The number of rotatable bonds is 10. The maximum atomic E-state index is 13.8. The summed E-state index contributed by atoms with van der Waals surface area (Å²) in [4.78, 5) is 34.4. The molecule has 2 aromatic carbocycles. The Morgan fingerprint density at radius 2 is 1.76 bits per heavy atom. The topological polar surface area (TPSA) is 67.2 Å². The van der Waals surface area contributed by atoms with Gasteiger partial charge in [0.05, 0.1) is 22.6 Å². The summed E-state index contributed by atoms with van der Waals surface area (Å²) in [6.45, 7) is 6.95. The number of para-hydroxylation sites is 1. The van der Waals surface area contributed by atoms with E-state index in [4.69, 9.17) is 4.98 Å². The van der Waals surface area contributed by atoms with Crippen molar-refractivity contribution in [2.45, 2.75) is 97.1 Å². The minimum Gasteiger partial charge on any atom is -0.335 e. The first kappa shape index (κ1) is 26.9. The fourth-order valence-corrected chi connectivity index (χ4v) is 5.38. The fourth-order valence-electron chi connectivity index (χ4n) is 5.38. The van der Waals surface area contributed by atoms with Gasteiger partial charge in [-0.15, -0.1) is 0 Å².